The molecule has 42 valence electrons. The minimum atomic E-state index is 0. The predicted molar refractivity (Wildman–Crippen MR) is 37.9 cm³/mol. The summed E-state index contributed by atoms with van der Waals surface area (Å²) in [5.74, 6) is 0.894. The molecule has 0 aliphatic heterocycles. The van der Waals surface area contributed by atoms with Gasteiger partial charge in [0.15, 0.2) is 0 Å². The van der Waals surface area contributed by atoms with Gasteiger partial charge in [-0.25, -0.2) is 0 Å². The fourth-order valence-electron chi connectivity index (χ4n) is 0.589. The highest BCUT2D eigenvalue weighted by Crippen LogP contribution is 2.24. The van der Waals surface area contributed by atoms with Crippen molar-refractivity contribution in [2.24, 2.45) is 5.92 Å². The van der Waals surface area contributed by atoms with Crippen molar-refractivity contribution in [3.8, 4) is 0 Å². The zero-order valence-electron chi connectivity index (χ0n) is 4.86. The van der Waals surface area contributed by atoms with Gasteiger partial charge >= 0.3 is 0 Å². The summed E-state index contributed by atoms with van der Waals surface area (Å²) in [7, 11) is 0. The Morgan fingerprint density at radius 1 is 1.71 bits per heavy atom. The van der Waals surface area contributed by atoms with E-state index in [1.54, 1.807) is 5.57 Å². The van der Waals surface area contributed by atoms with Crippen LogP contribution in [-0.4, -0.2) is 0 Å². The first-order valence-corrected chi connectivity index (χ1v) is 2.47. The molecule has 0 bridgehead atoms. The van der Waals surface area contributed by atoms with E-state index in [1.807, 2.05) is 0 Å². The van der Waals surface area contributed by atoms with E-state index in [1.165, 1.54) is 6.42 Å². The molecule has 0 amide bonds. The van der Waals surface area contributed by atoms with Crippen molar-refractivity contribution in [2.75, 3.05) is 0 Å². The Labute approximate surface area is 52.1 Å². The van der Waals surface area contributed by atoms with Crippen LogP contribution in [0.15, 0.2) is 11.6 Å². The van der Waals surface area contributed by atoms with Crippen molar-refractivity contribution in [1.82, 2.24) is 0 Å². The second-order valence-electron chi connectivity index (χ2n) is 2.08. The third-order valence-corrected chi connectivity index (χ3v) is 1.57. The van der Waals surface area contributed by atoms with Crippen LogP contribution in [0.25, 0.3) is 0 Å². The van der Waals surface area contributed by atoms with Crippen LogP contribution in [0.5, 0.6) is 0 Å². The Hall–Kier alpha value is 0.0900. The van der Waals surface area contributed by atoms with E-state index in [0.29, 0.717) is 0 Å². The number of hydrogen-bond donors (Lipinski definition) is 0. The molecule has 1 heteroatoms. The molecule has 0 radical (unpaired) electrons. The first kappa shape index (κ1) is 7.09. The van der Waals surface area contributed by atoms with Crippen molar-refractivity contribution in [2.45, 2.75) is 20.3 Å². The summed E-state index contributed by atoms with van der Waals surface area (Å²) in [5.41, 5.74) is 1.56. The smallest absolute Gasteiger partial charge is 0.0200 e. The molecule has 0 N–H and O–H groups in total. The van der Waals surface area contributed by atoms with E-state index < -0.39 is 0 Å². The molecule has 7 heavy (non-hydrogen) atoms. The molecule has 1 atom stereocenters. The fraction of sp³-hybridized carbons (Fsp3) is 0.667. The number of allylic oxidation sites excluding steroid dienone is 2. The van der Waals surface area contributed by atoms with Crippen molar-refractivity contribution in [3.05, 3.63) is 11.6 Å². The fourth-order valence-corrected chi connectivity index (χ4v) is 0.589. The molecular weight excluding hydrogens is 104 g/mol. The molecule has 1 unspecified atom stereocenters. The van der Waals surface area contributed by atoms with Gasteiger partial charge in [-0.15, -0.1) is 0 Å². The van der Waals surface area contributed by atoms with Gasteiger partial charge in [0.2, 0.25) is 0 Å². The summed E-state index contributed by atoms with van der Waals surface area (Å²) in [6, 6.07) is 0. The lowest BCUT2D eigenvalue weighted by Crippen LogP contribution is -2.03. The summed E-state index contributed by atoms with van der Waals surface area (Å²) in [4.78, 5) is 0. The van der Waals surface area contributed by atoms with E-state index in [-0.39, 0.29) is 13.5 Å². The molecule has 0 aromatic heterocycles. The molecule has 0 nitrogen and oxygen atoms in total. The van der Waals surface area contributed by atoms with Crippen LogP contribution in [-0.2, 0) is 0 Å². The molecule has 0 heterocycles. The lowest BCUT2D eigenvalue weighted by molar-refractivity contribution is 0.624. The SMILES string of the molecule is CC1=CCC1C.S. The third-order valence-electron chi connectivity index (χ3n) is 1.57. The second-order valence-corrected chi connectivity index (χ2v) is 2.08. The standard InChI is InChI=1S/C6H10.H2S/c1-5-3-4-6(5)2;/h3,6H,4H2,1-2H3;1H2. The van der Waals surface area contributed by atoms with Gasteiger partial charge in [0.1, 0.15) is 0 Å². The average molecular weight is 116 g/mol. The maximum atomic E-state index is 2.28. The van der Waals surface area contributed by atoms with Gasteiger partial charge in [-0.2, -0.15) is 13.5 Å². The molecule has 1 rings (SSSR count). The maximum Gasteiger partial charge on any atom is -0.0200 e. The highest BCUT2D eigenvalue weighted by molar-refractivity contribution is 7.59. The highest BCUT2D eigenvalue weighted by atomic mass is 32.1. The topological polar surface area (TPSA) is 0 Å². The maximum absolute atomic E-state index is 2.28. The molecular formula is C6H12S. The monoisotopic (exact) mass is 116 g/mol. The summed E-state index contributed by atoms with van der Waals surface area (Å²) in [6.07, 6.45) is 3.59. The van der Waals surface area contributed by atoms with Crippen molar-refractivity contribution >= 4 is 13.5 Å². The van der Waals surface area contributed by atoms with Crippen LogP contribution in [0, 0.1) is 5.92 Å². The number of rotatable bonds is 0. The Balaban J connectivity index is 0.000000360. The van der Waals surface area contributed by atoms with Crippen LogP contribution in [0.1, 0.15) is 20.3 Å². The normalized spacial score (nSPS) is 27.1. The van der Waals surface area contributed by atoms with Crippen LogP contribution >= 0.6 is 13.5 Å². The van der Waals surface area contributed by atoms with Crippen LogP contribution in [0.2, 0.25) is 0 Å². The third kappa shape index (κ3) is 1.23. The van der Waals surface area contributed by atoms with Gasteiger partial charge in [0, 0.05) is 0 Å². The molecule has 0 aromatic carbocycles. The van der Waals surface area contributed by atoms with Crippen molar-refractivity contribution in [1.29, 1.82) is 0 Å². The minimum absolute atomic E-state index is 0. The first-order chi connectivity index (χ1) is 2.80. The number of hydrogen-bond acceptors (Lipinski definition) is 0. The predicted octanol–water partition coefficient (Wildman–Crippen LogP) is 2.09. The summed E-state index contributed by atoms with van der Waals surface area (Å²) in [6.45, 7) is 4.45. The van der Waals surface area contributed by atoms with Crippen LogP contribution < -0.4 is 0 Å². The minimum Gasteiger partial charge on any atom is -0.197 e. The molecule has 0 aromatic rings. The first-order valence-electron chi connectivity index (χ1n) is 2.47. The Kier molecular flexibility index (Phi) is 2.44. The lowest BCUT2D eigenvalue weighted by atomic mass is 9.88. The zero-order chi connectivity index (χ0) is 4.57. The van der Waals surface area contributed by atoms with Gasteiger partial charge in [0.05, 0.1) is 0 Å². The molecule has 1 aliphatic rings. The van der Waals surface area contributed by atoms with E-state index in [2.05, 4.69) is 19.9 Å². The zero-order valence-corrected chi connectivity index (χ0v) is 5.86. The summed E-state index contributed by atoms with van der Waals surface area (Å²) in [5, 5.41) is 0. The van der Waals surface area contributed by atoms with E-state index >= 15 is 0 Å². The Bertz CT molecular complexity index is 84.2. The Morgan fingerprint density at radius 2 is 2.14 bits per heavy atom. The van der Waals surface area contributed by atoms with Crippen molar-refractivity contribution < 1.29 is 0 Å². The second kappa shape index (κ2) is 2.41. The highest BCUT2D eigenvalue weighted by Gasteiger charge is 2.09. The van der Waals surface area contributed by atoms with Gasteiger partial charge in [-0.1, -0.05) is 18.6 Å². The van der Waals surface area contributed by atoms with E-state index in [0.717, 1.165) is 5.92 Å². The van der Waals surface area contributed by atoms with Crippen molar-refractivity contribution in [3.63, 3.8) is 0 Å². The van der Waals surface area contributed by atoms with Crippen LogP contribution in [0.4, 0.5) is 0 Å². The Morgan fingerprint density at radius 3 is 2.14 bits per heavy atom. The molecule has 0 fully saturated rings. The van der Waals surface area contributed by atoms with E-state index in [9.17, 15) is 0 Å². The van der Waals surface area contributed by atoms with Gasteiger partial charge < -0.3 is 0 Å². The largest absolute Gasteiger partial charge is 0.197 e. The van der Waals surface area contributed by atoms with E-state index in [4.69, 9.17) is 0 Å². The molecule has 1 aliphatic carbocycles. The van der Waals surface area contributed by atoms with Gasteiger partial charge in [-0.05, 0) is 19.3 Å². The quantitative estimate of drug-likeness (QED) is 0.425. The average Bonchev–Trinajstić information content (AvgIpc) is 1.61. The molecule has 0 saturated carbocycles. The van der Waals surface area contributed by atoms with Gasteiger partial charge in [-0.3, -0.25) is 0 Å². The molecule has 0 spiro atoms. The van der Waals surface area contributed by atoms with Crippen LogP contribution in [0.3, 0.4) is 0 Å². The lowest BCUT2D eigenvalue weighted by Gasteiger charge is -2.18. The molecule has 0 saturated heterocycles. The van der Waals surface area contributed by atoms with Gasteiger partial charge in [0.25, 0.3) is 0 Å². The summed E-state index contributed by atoms with van der Waals surface area (Å²) >= 11 is 0. The summed E-state index contributed by atoms with van der Waals surface area (Å²) < 4.78 is 0.